The lowest BCUT2D eigenvalue weighted by Gasteiger charge is -2.24. The predicted octanol–water partition coefficient (Wildman–Crippen LogP) is 2.91. The Balaban J connectivity index is 1.88. The minimum atomic E-state index is -0.699. The molecular weight excluding hydrogens is 468 g/mol. The number of carbonyl (C=O) groups is 1. The number of hydrogen-bond donors (Lipinski definition) is 1. The van der Waals surface area contributed by atoms with Crippen LogP contribution in [0.1, 0.15) is 37.4 Å². The number of allylic oxidation sites excluding steroid dienone is 1. The summed E-state index contributed by atoms with van der Waals surface area (Å²) in [4.78, 5) is 31.4. The van der Waals surface area contributed by atoms with Crippen molar-refractivity contribution in [3.8, 4) is 17.2 Å². The van der Waals surface area contributed by atoms with Crippen molar-refractivity contribution in [2.75, 3.05) is 20.8 Å². The fraction of sp³-hybridized carbons (Fsp3) is 0.269. The summed E-state index contributed by atoms with van der Waals surface area (Å²) in [7, 11) is 2.77. The highest BCUT2D eigenvalue weighted by Crippen LogP contribution is 2.31. The topological polar surface area (TPSA) is 99.4 Å². The van der Waals surface area contributed by atoms with Crippen molar-refractivity contribution in [2.45, 2.75) is 26.3 Å². The largest absolute Gasteiger partial charge is 0.504 e. The third-order valence-electron chi connectivity index (χ3n) is 5.60. The van der Waals surface area contributed by atoms with Gasteiger partial charge in [-0.15, -0.1) is 0 Å². The Hall–Kier alpha value is -3.85. The first-order valence-corrected chi connectivity index (χ1v) is 11.9. The number of ether oxygens (including phenoxy) is 3. The van der Waals surface area contributed by atoms with E-state index < -0.39 is 12.0 Å². The number of methoxy groups -OCH3 is 2. The molecule has 0 fully saturated rings. The molecule has 0 saturated carbocycles. The predicted molar refractivity (Wildman–Crippen MR) is 133 cm³/mol. The second-order valence-corrected chi connectivity index (χ2v) is 8.93. The quantitative estimate of drug-likeness (QED) is 0.507. The second-order valence-electron chi connectivity index (χ2n) is 7.92. The number of phenolic OH excluding ortho intramolecular Hbond substituents is 1. The number of aromatic hydroxyl groups is 1. The molecule has 1 aromatic heterocycles. The molecule has 0 amide bonds. The van der Waals surface area contributed by atoms with E-state index in [0.29, 0.717) is 44.3 Å². The summed E-state index contributed by atoms with van der Waals surface area (Å²) in [5.74, 6) is 0.485. The van der Waals surface area contributed by atoms with E-state index in [1.54, 1.807) is 25.1 Å². The Bertz CT molecular complexity index is 1470. The molecule has 8 nitrogen and oxygen atoms in total. The standard InChI is InChI=1S/C26H26N2O6S/c1-5-12-34-18-9-7-17(8-10-18)23-22(25(31)33-4)15(2)27-26-28(23)24(30)21(35-26)14-16-6-11-19(29)20(13-16)32-3/h6-11,13-14,23,29H,5,12H2,1-4H3/b21-14-. The highest BCUT2D eigenvalue weighted by atomic mass is 32.1. The van der Waals surface area contributed by atoms with Crippen LogP contribution in [0.15, 0.2) is 63.5 Å². The molecule has 0 radical (unpaired) electrons. The van der Waals surface area contributed by atoms with Crippen LogP contribution in [-0.2, 0) is 9.53 Å². The molecule has 1 aliphatic rings. The molecule has 182 valence electrons. The van der Waals surface area contributed by atoms with Crippen LogP contribution in [0.3, 0.4) is 0 Å². The van der Waals surface area contributed by atoms with Crippen molar-refractivity contribution >= 4 is 23.4 Å². The van der Waals surface area contributed by atoms with Gasteiger partial charge in [0, 0.05) is 0 Å². The molecule has 0 aliphatic carbocycles. The summed E-state index contributed by atoms with van der Waals surface area (Å²) >= 11 is 1.23. The molecular formula is C26H26N2O6S. The van der Waals surface area contributed by atoms with Crippen molar-refractivity contribution in [1.82, 2.24) is 4.57 Å². The maximum Gasteiger partial charge on any atom is 0.338 e. The van der Waals surface area contributed by atoms with Crippen LogP contribution in [0, 0.1) is 0 Å². The van der Waals surface area contributed by atoms with E-state index in [-0.39, 0.29) is 11.3 Å². The average Bonchev–Trinajstić information content (AvgIpc) is 3.17. The van der Waals surface area contributed by atoms with Gasteiger partial charge in [-0.1, -0.05) is 36.5 Å². The van der Waals surface area contributed by atoms with E-state index in [9.17, 15) is 14.7 Å². The molecule has 1 aliphatic heterocycles. The molecule has 2 aromatic carbocycles. The first-order chi connectivity index (χ1) is 16.9. The van der Waals surface area contributed by atoms with Gasteiger partial charge in [-0.3, -0.25) is 9.36 Å². The zero-order valence-corrected chi connectivity index (χ0v) is 20.7. The van der Waals surface area contributed by atoms with Gasteiger partial charge in [0.2, 0.25) is 0 Å². The van der Waals surface area contributed by atoms with Gasteiger partial charge in [-0.2, -0.15) is 0 Å². The molecule has 4 rings (SSSR count). The van der Waals surface area contributed by atoms with E-state index in [1.807, 2.05) is 31.2 Å². The van der Waals surface area contributed by atoms with Gasteiger partial charge in [0.05, 0.1) is 42.7 Å². The normalized spacial score (nSPS) is 15.4. The SMILES string of the molecule is CCCOc1ccc(C2C(C(=O)OC)=C(C)N=c3s/c(=C\c4ccc(O)c(OC)c4)c(=O)n32)cc1. The average molecular weight is 495 g/mol. The van der Waals surface area contributed by atoms with Crippen LogP contribution in [0.5, 0.6) is 17.2 Å². The first kappa shape index (κ1) is 24.3. The molecule has 2 heterocycles. The molecule has 35 heavy (non-hydrogen) atoms. The summed E-state index contributed by atoms with van der Waals surface area (Å²) < 4.78 is 17.9. The van der Waals surface area contributed by atoms with Crippen molar-refractivity contribution in [3.05, 3.63) is 84.5 Å². The fourth-order valence-electron chi connectivity index (χ4n) is 3.91. The Morgan fingerprint density at radius 3 is 2.60 bits per heavy atom. The van der Waals surface area contributed by atoms with Crippen LogP contribution >= 0.6 is 11.3 Å². The summed E-state index contributed by atoms with van der Waals surface area (Å²) in [6.07, 6.45) is 2.60. The minimum Gasteiger partial charge on any atom is -0.504 e. The third kappa shape index (κ3) is 4.72. The molecule has 0 bridgehead atoms. The van der Waals surface area contributed by atoms with Gasteiger partial charge in [0.1, 0.15) is 5.75 Å². The number of phenols is 1. The zero-order valence-electron chi connectivity index (χ0n) is 19.9. The highest BCUT2D eigenvalue weighted by Gasteiger charge is 2.33. The number of carbonyl (C=O) groups excluding carboxylic acids is 1. The Kier molecular flexibility index (Phi) is 7.07. The number of thiazole rings is 1. The molecule has 0 spiro atoms. The molecule has 9 heteroatoms. The van der Waals surface area contributed by atoms with Crippen LogP contribution in [0.4, 0.5) is 0 Å². The van der Waals surface area contributed by atoms with Crippen LogP contribution in [-0.4, -0.2) is 36.5 Å². The molecule has 0 saturated heterocycles. The Morgan fingerprint density at radius 1 is 1.20 bits per heavy atom. The Morgan fingerprint density at radius 2 is 1.94 bits per heavy atom. The smallest absolute Gasteiger partial charge is 0.338 e. The van der Waals surface area contributed by atoms with E-state index in [2.05, 4.69) is 4.99 Å². The summed E-state index contributed by atoms with van der Waals surface area (Å²) in [6.45, 7) is 4.37. The third-order valence-corrected chi connectivity index (χ3v) is 6.58. The van der Waals surface area contributed by atoms with Crippen molar-refractivity contribution < 1.29 is 24.1 Å². The van der Waals surface area contributed by atoms with Crippen LogP contribution < -0.4 is 24.4 Å². The number of nitrogens with zero attached hydrogens (tertiary/aromatic N) is 2. The molecule has 1 atom stereocenters. The monoisotopic (exact) mass is 494 g/mol. The molecule has 1 unspecified atom stereocenters. The molecule has 1 N–H and O–H groups in total. The zero-order chi connectivity index (χ0) is 25.1. The van der Waals surface area contributed by atoms with Gasteiger partial charge in [0.25, 0.3) is 5.56 Å². The summed E-state index contributed by atoms with van der Waals surface area (Å²) in [5, 5.41) is 9.87. The maximum absolute atomic E-state index is 13.6. The van der Waals surface area contributed by atoms with E-state index >= 15 is 0 Å². The maximum atomic E-state index is 13.6. The van der Waals surface area contributed by atoms with Crippen molar-refractivity contribution in [3.63, 3.8) is 0 Å². The van der Waals surface area contributed by atoms with E-state index in [1.165, 1.54) is 36.2 Å². The van der Waals surface area contributed by atoms with Crippen molar-refractivity contribution in [1.29, 1.82) is 0 Å². The number of benzene rings is 2. The Labute approximate surface area is 206 Å². The van der Waals surface area contributed by atoms with E-state index in [4.69, 9.17) is 14.2 Å². The van der Waals surface area contributed by atoms with Gasteiger partial charge < -0.3 is 19.3 Å². The second kappa shape index (κ2) is 10.2. The molecule has 3 aromatic rings. The summed E-state index contributed by atoms with van der Waals surface area (Å²) in [5.41, 5.74) is 1.93. The number of rotatable bonds is 7. The fourth-order valence-corrected chi connectivity index (χ4v) is 4.96. The highest BCUT2D eigenvalue weighted by molar-refractivity contribution is 7.07. The number of hydrogen-bond acceptors (Lipinski definition) is 8. The van der Waals surface area contributed by atoms with Gasteiger partial charge >= 0.3 is 5.97 Å². The lowest BCUT2D eigenvalue weighted by molar-refractivity contribution is -0.136. The number of fused-ring (bicyclic) bond motifs is 1. The first-order valence-electron chi connectivity index (χ1n) is 11.1. The van der Waals surface area contributed by atoms with Crippen LogP contribution in [0.2, 0.25) is 0 Å². The van der Waals surface area contributed by atoms with Gasteiger partial charge in [0.15, 0.2) is 16.3 Å². The van der Waals surface area contributed by atoms with Gasteiger partial charge in [-0.05, 0) is 54.8 Å². The van der Waals surface area contributed by atoms with E-state index in [0.717, 1.165) is 12.0 Å². The van der Waals surface area contributed by atoms with Gasteiger partial charge in [-0.25, -0.2) is 9.79 Å². The lowest BCUT2D eigenvalue weighted by atomic mass is 9.96. The lowest BCUT2D eigenvalue weighted by Crippen LogP contribution is -2.39. The van der Waals surface area contributed by atoms with Crippen molar-refractivity contribution in [2.24, 2.45) is 4.99 Å². The summed E-state index contributed by atoms with van der Waals surface area (Å²) in [6, 6.07) is 11.5. The van der Waals surface area contributed by atoms with Crippen LogP contribution in [0.25, 0.3) is 6.08 Å². The minimum absolute atomic E-state index is 0.0100. The number of esters is 1. The number of aromatic nitrogens is 1.